The molecule has 0 saturated carbocycles. The third kappa shape index (κ3) is 22.5. The minimum Gasteiger partial charge on any atom is -0.481 e. The number of primary amides is 1. The van der Waals surface area contributed by atoms with Crippen LogP contribution in [0.3, 0.4) is 0 Å². The molecule has 0 aliphatic heterocycles. The zero-order chi connectivity index (χ0) is 47.5. The fraction of sp³-hybridized carbons (Fsp3) is 0.600. The van der Waals surface area contributed by atoms with E-state index in [9.17, 15) is 58.2 Å². The van der Waals surface area contributed by atoms with E-state index in [2.05, 4.69) is 37.2 Å². The fourth-order valence-electron chi connectivity index (χ4n) is 5.93. The molecule has 0 aliphatic carbocycles. The molecule has 0 radical (unpaired) electrons. The SMILES string of the molecule is CC[C@H](C)[C@H](NC(=O)[C@H](CCC(N)=O)NC(=O)CNC(=O)CNC(=O)[C@H](Cc1ccccc1)NC(=O)[C@H](CC(=O)O)NC(=O)[C@@H](N)CCCCN)C(=O)N[C@@H](CCCCN)C(=O)O. The zero-order valence-electron chi connectivity index (χ0n) is 35.8. The van der Waals surface area contributed by atoms with Crippen molar-refractivity contribution in [2.24, 2.45) is 28.9 Å². The van der Waals surface area contributed by atoms with E-state index in [4.69, 9.17) is 22.9 Å². The average molecular weight is 892 g/mol. The van der Waals surface area contributed by atoms with Gasteiger partial charge in [0.25, 0.3) is 0 Å². The van der Waals surface area contributed by atoms with Crippen molar-refractivity contribution < 1.29 is 58.2 Å². The van der Waals surface area contributed by atoms with Crippen LogP contribution in [0, 0.1) is 5.92 Å². The topological polar surface area (TPSA) is 399 Å². The Kier molecular flexibility index (Phi) is 26.1. The highest BCUT2D eigenvalue weighted by molar-refractivity contribution is 5.97. The van der Waals surface area contributed by atoms with E-state index in [0.29, 0.717) is 50.8 Å². The van der Waals surface area contributed by atoms with Crippen LogP contribution in [0.5, 0.6) is 0 Å². The average Bonchev–Trinajstić information content (AvgIpc) is 3.24. The molecule has 63 heavy (non-hydrogen) atoms. The minimum atomic E-state index is -1.61. The fourth-order valence-corrected chi connectivity index (χ4v) is 5.93. The van der Waals surface area contributed by atoms with Crippen molar-refractivity contribution in [2.75, 3.05) is 26.2 Å². The Morgan fingerprint density at radius 2 is 1.19 bits per heavy atom. The lowest BCUT2D eigenvalue weighted by Gasteiger charge is -2.27. The summed E-state index contributed by atoms with van der Waals surface area (Å²) in [6.45, 7) is 2.68. The second kappa shape index (κ2) is 29.9. The first-order valence-corrected chi connectivity index (χ1v) is 20.8. The summed E-state index contributed by atoms with van der Waals surface area (Å²) in [5, 5.41) is 35.8. The van der Waals surface area contributed by atoms with Crippen molar-refractivity contribution in [3.63, 3.8) is 0 Å². The minimum absolute atomic E-state index is 0.0968. The van der Waals surface area contributed by atoms with Gasteiger partial charge < -0.3 is 70.4 Å². The monoisotopic (exact) mass is 891 g/mol. The molecule has 0 fully saturated rings. The van der Waals surface area contributed by atoms with Crippen LogP contribution in [0.4, 0.5) is 0 Å². The Hall–Kier alpha value is -6.20. The molecule has 7 atom stereocenters. The number of unbranched alkanes of at least 4 members (excludes halogenated alkanes) is 2. The van der Waals surface area contributed by atoms with Gasteiger partial charge in [0, 0.05) is 12.8 Å². The molecular weight excluding hydrogens is 827 g/mol. The highest BCUT2D eigenvalue weighted by Gasteiger charge is 2.33. The predicted molar refractivity (Wildman–Crippen MR) is 227 cm³/mol. The van der Waals surface area contributed by atoms with Crippen molar-refractivity contribution in [3.05, 3.63) is 35.9 Å². The summed E-state index contributed by atoms with van der Waals surface area (Å²) in [6.07, 6.45) is 1.19. The molecule has 8 amide bonds. The molecule has 0 unspecified atom stereocenters. The Morgan fingerprint density at radius 1 is 0.619 bits per heavy atom. The maximum atomic E-state index is 13.5. The molecule has 1 aromatic carbocycles. The molecule has 0 aliphatic rings. The number of carboxylic acids is 2. The molecule has 1 aromatic rings. The Bertz CT molecular complexity index is 1700. The molecule has 0 aromatic heterocycles. The number of carboxylic acid groups (broad SMARTS) is 2. The Balaban J connectivity index is 3.03. The van der Waals surface area contributed by atoms with Crippen molar-refractivity contribution >= 4 is 59.2 Å². The maximum absolute atomic E-state index is 13.5. The highest BCUT2D eigenvalue weighted by Crippen LogP contribution is 2.12. The normalized spacial score (nSPS) is 14.2. The van der Waals surface area contributed by atoms with Gasteiger partial charge in [-0.2, -0.15) is 0 Å². The van der Waals surface area contributed by atoms with Crippen LogP contribution >= 0.6 is 0 Å². The van der Waals surface area contributed by atoms with Gasteiger partial charge in [-0.25, -0.2) is 4.79 Å². The lowest BCUT2D eigenvalue weighted by molar-refractivity contribution is -0.143. The Morgan fingerprint density at radius 3 is 1.76 bits per heavy atom. The number of rotatable bonds is 32. The number of amides is 8. The highest BCUT2D eigenvalue weighted by atomic mass is 16.4. The summed E-state index contributed by atoms with van der Waals surface area (Å²) < 4.78 is 0. The summed E-state index contributed by atoms with van der Waals surface area (Å²) in [5.41, 5.74) is 22.7. The maximum Gasteiger partial charge on any atom is 0.326 e. The van der Waals surface area contributed by atoms with Gasteiger partial charge in [-0.1, -0.05) is 57.0 Å². The molecule has 1 rings (SSSR count). The van der Waals surface area contributed by atoms with Gasteiger partial charge >= 0.3 is 11.9 Å². The van der Waals surface area contributed by atoms with E-state index in [-0.39, 0.29) is 32.1 Å². The summed E-state index contributed by atoms with van der Waals surface area (Å²) in [5.74, 6) is -10.1. The first-order chi connectivity index (χ1) is 29.8. The van der Waals surface area contributed by atoms with Gasteiger partial charge in [-0.15, -0.1) is 0 Å². The summed E-state index contributed by atoms with van der Waals surface area (Å²) >= 11 is 0. The Labute approximate surface area is 365 Å². The molecule has 23 nitrogen and oxygen atoms in total. The molecule has 0 spiro atoms. The molecule has 17 N–H and O–H groups in total. The van der Waals surface area contributed by atoms with Crippen LogP contribution in [-0.2, 0) is 54.4 Å². The van der Waals surface area contributed by atoms with Gasteiger partial charge in [-0.3, -0.25) is 43.2 Å². The smallest absolute Gasteiger partial charge is 0.326 e. The number of benzene rings is 1. The predicted octanol–water partition coefficient (Wildman–Crippen LogP) is -3.66. The number of carbonyl (C=O) groups excluding carboxylic acids is 8. The largest absolute Gasteiger partial charge is 0.481 e. The van der Waals surface area contributed by atoms with Crippen LogP contribution in [0.1, 0.15) is 83.6 Å². The molecule has 23 heteroatoms. The van der Waals surface area contributed by atoms with Crippen molar-refractivity contribution in [1.29, 1.82) is 0 Å². The second-order valence-corrected chi connectivity index (χ2v) is 15.0. The van der Waals surface area contributed by atoms with Gasteiger partial charge in [0.15, 0.2) is 0 Å². The number of hydrogen-bond acceptors (Lipinski definition) is 13. The van der Waals surface area contributed by atoms with Crippen molar-refractivity contribution in [3.8, 4) is 0 Å². The van der Waals surface area contributed by atoms with Crippen LogP contribution in [0.2, 0.25) is 0 Å². The van der Waals surface area contributed by atoms with Gasteiger partial charge in [-0.05, 0) is 63.1 Å². The zero-order valence-corrected chi connectivity index (χ0v) is 35.8. The number of nitrogens with two attached hydrogens (primary N) is 4. The first kappa shape index (κ1) is 54.8. The van der Waals surface area contributed by atoms with Crippen LogP contribution < -0.4 is 60.2 Å². The first-order valence-electron chi connectivity index (χ1n) is 20.8. The summed E-state index contributed by atoms with van der Waals surface area (Å²) in [7, 11) is 0. The third-order valence-electron chi connectivity index (χ3n) is 9.79. The quantitative estimate of drug-likeness (QED) is 0.0310. The standard InChI is InChI=1S/C40H65N11O12/c1-3-23(2)34(39(61)48-27(40(62)63)14-8-10-18-42)51-37(59)26(15-16-30(44)52)47-32(54)22-45-31(53)21-46-36(58)28(19-24-11-5-4-6-12-24)50-38(60)29(20-33(55)56)49-35(57)25(43)13-7-9-17-41/h4-6,11-12,23,25-29,34H,3,7-10,13-22,41-43H2,1-2H3,(H2,44,52)(H,45,53)(H,46,58)(H,47,54)(H,48,61)(H,49,57)(H,50,60)(H,51,59)(H,55,56)(H,62,63)/t23-,25-,26-,27-,28-,29-,34-/m0/s1. The van der Waals surface area contributed by atoms with E-state index in [0.717, 1.165) is 0 Å². The molecular formula is C40H65N11O12. The van der Waals surface area contributed by atoms with E-state index >= 15 is 0 Å². The summed E-state index contributed by atoms with van der Waals surface area (Å²) in [4.78, 5) is 127. The van der Waals surface area contributed by atoms with E-state index in [1.54, 1.807) is 44.2 Å². The lowest BCUT2D eigenvalue weighted by atomic mass is 9.96. The van der Waals surface area contributed by atoms with Crippen LogP contribution in [0.15, 0.2) is 30.3 Å². The number of aliphatic carboxylic acids is 2. The van der Waals surface area contributed by atoms with E-state index < -0.39 is 121 Å². The van der Waals surface area contributed by atoms with E-state index in [1.807, 2.05) is 0 Å². The summed E-state index contributed by atoms with van der Waals surface area (Å²) in [6, 6.07) is 0.429. The molecule has 0 heterocycles. The van der Waals surface area contributed by atoms with Gasteiger partial charge in [0.05, 0.1) is 25.6 Å². The molecule has 0 bridgehead atoms. The number of carbonyl (C=O) groups is 10. The van der Waals surface area contributed by atoms with E-state index in [1.165, 1.54) is 0 Å². The number of nitrogens with one attached hydrogen (secondary N) is 7. The molecule has 0 saturated heterocycles. The second-order valence-electron chi connectivity index (χ2n) is 15.0. The van der Waals surface area contributed by atoms with Gasteiger partial charge in [0.1, 0.15) is 30.2 Å². The molecule has 352 valence electrons. The van der Waals surface area contributed by atoms with Crippen molar-refractivity contribution in [2.45, 2.75) is 121 Å². The van der Waals surface area contributed by atoms with Crippen LogP contribution in [0.25, 0.3) is 0 Å². The number of hydrogen-bond donors (Lipinski definition) is 13. The third-order valence-corrected chi connectivity index (χ3v) is 9.79. The lowest BCUT2D eigenvalue weighted by Crippen LogP contribution is -2.58. The van der Waals surface area contributed by atoms with Gasteiger partial charge in [0.2, 0.25) is 47.3 Å². The van der Waals surface area contributed by atoms with Crippen molar-refractivity contribution in [1.82, 2.24) is 37.2 Å². The van der Waals surface area contributed by atoms with Crippen LogP contribution in [-0.4, -0.2) is 132 Å².